The van der Waals surface area contributed by atoms with Crippen molar-refractivity contribution >= 4 is 17.7 Å². The van der Waals surface area contributed by atoms with Crippen LogP contribution in [0.2, 0.25) is 0 Å². The van der Waals surface area contributed by atoms with Gasteiger partial charge in [0.15, 0.2) is 16.6 Å². The summed E-state index contributed by atoms with van der Waals surface area (Å²) in [5.74, 6) is -1.87. The second-order valence-electron chi connectivity index (χ2n) is 8.47. The van der Waals surface area contributed by atoms with Gasteiger partial charge >= 0.3 is 11.9 Å². The van der Waals surface area contributed by atoms with Crippen molar-refractivity contribution in [2.45, 2.75) is 12.1 Å². The number of esters is 2. The quantitative estimate of drug-likeness (QED) is 0.512. The Hall–Kier alpha value is -3.17. The molecule has 0 aliphatic carbocycles. The van der Waals surface area contributed by atoms with Gasteiger partial charge in [0, 0.05) is 37.9 Å². The van der Waals surface area contributed by atoms with Gasteiger partial charge in [0.25, 0.3) is 0 Å². The van der Waals surface area contributed by atoms with Gasteiger partial charge in [-0.05, 0) is 37.4 Å². The van der Waals surface area contributed by atoms with Crippen LogP contribution in [0.1, 0.15) is 23.2 Å². The van der Waals surface area contributed by atoms with E-state index < -0.39 is 40.6 Å². The van der Waals surface area contributed by atoms with E-state index in [0.29, 0.717) is 11.1 Å². The van der Waals surface area contributed by atoms with Crippen molar-refractivity contribution in [2.24, 2.45) is 10.8 Å². The molecular weight excluding hydrogens is 412 g/mol. The van der Waals surface area contributed by atoms with Crippen molar-refractivity contribution < 1.29 is 23.9 Å². The van der Waals surface area contributed by atoms with Gasteiger partial charge in [0.1, 0.15) is 0 Å². The first-order valence-electron chi connectivity index (χ1n) is 10.3. The second-order valence-corrected chi connectivity index (χ2v) is 8.47. The molecule has 2 bridgehead atoms. The van der Waals surface area contributed by atoms with Crippen LogP contribution in [0.3, 0.4) is 0 Å². The summed E-state index contributed by atoms with van der Waals surface area (Å²) in [4.78, 5) is 53.4. The van der Waals surface area contributed by atoms with Gasteiger partial charge in [-0.25, -0.2) is 0 Å². The molecule has 2 aromatic heterocycles. The molecule has 0 amide bonds. The number of piperidine rings is 2. The second kappa shape index (κ2) is 8.07. The number of Topliss-reactive ketones (excluding diaryl/α,β-unsaturated/α-hetero) is 1. The Bertz CT molecular complexity index is 954. The summed E-state index contributed by atoms with van der Waals surface area (Å²) in [6.07, 6.45) is 6.53. The highest BCUT2D eigenvalue weighted by Crippen LogP contribution is 2.60. The number of pyridine rings is 2. The van der Waals surface area contributed by atoms with E-state index >= 15 is 0 Å². The minimum absolute atomic E-state index is 0.0981. The number of hydrogen-bond donors (Lipinski definition) is 0. The number of rotatable bonds is 4. The average molecular weight is 438 g/mol. The number of aromatic nitrogens is 2. The minimum atomic E-state index is -1.65. The number of likely N-dealkylation sites (tertiary alicyclic amines) is 2. The van der Waals surface area contributed by atoms with Crippen LogP contribution in [-0.4, -0.2) is 78.9 Å². The first kappa shape index (κ1) is 22.0. The lowest BCUT2D eigenvalue weighted by Crippen LogP contribution is -2.75. The molecule has 0 aromatic carbocycles. The third-order valence-corrected chi connectivity index (χ3v) is 6.70. The standard InChI is InChI=1S/C23H26N4O5/c1-26-13-22(20(29)31-3)17(15-7-5-9-24-11-15)27(2)18(16-8-6-10-25-12-16)23(14-26,19(22)28)21(30)32-4/h5-12,17-18H,13-14H2,1-4H3/t17-,18+,22-,23+. The zero-order valence-corrected chi connectivity index (χ0v) is 18.5. The van der Waals surface area contributed by atoms with Crippen LogP contribution in [0.4, 0.5) is 0 Å². The summed E-state index contributed by atoms with van der Waals surface area (Å²) in [5.41, 5.74) is -1.94. The molecule has 0 N–H and O–H groups in total. The van der Waals surface area contributed by atoms with E-state index in [1.807, 2.05) is 29.0 Å². The molecule has 4 heterocycles. The Kier molecular flexibility index (Phi) is 5.56. The maximum atomic E-state index is 14.4. The van der Waals surface area contributed by atoms with Crippen LogP contribution in [0.5, 0.6) is 0 Å². The zero-order valence-electron chi connectivity index (χ0n) is 18.5. The Labute approximate surface area is 186 Å². The number of methoxy groups -OCH3 is 2. The van der Waals surface area contributed by atoms with Gasteiger partial charge in [0.2, 0.25) is 0 Å². The Morgan fingerprint density at radius 2 is 1.34 bits per heavy atom. The van der Waals surface area contributed by atoms with E-state index in [4.69, 9.17) is 9.47 Å². The number of ether oxygens (including phenoxy) is 2. The van der Waals surface area contributed by atoms with E-state index in [2.05, 4.69) is 9.97 Å². The molecular formula is C23H26N4O5. The average Bonchev–Trinajstić information content (AvgIpc) is 2.81. The molecule has 2 saturated heterocycles. The molecule has 9 nitrogen and oxygen atoms in total. The summed E-state index contributed by atoms with van der Waals surface area (Å²) < 4.78 is 10.4. The summed E-state index contributed by atoms with van der Waals surface area (Å²) in [7, 11) is 6.11. The number of fused-ring (bicyclic) bond motifs is 2. The lowest BCUT2D eigenvalue weighted by atomic mass is 9.54. The van der Waals surface area contributed by atoms with Crippen LogP contribution in [-0.2, 0) is 23.9 Å². The largest absolute Gasteiger partial charge is 0.468 e. The Morgan fingerprint density at radius 1 is 0.906 bits per heavy atom. The molecule has 4 rings (SSSR count). The van der Waals surface area contributed by atoms with E-state index in [1.165, 1.54) is 14.2 Å². The normalized spacial score (nSPS) is 30.6. The molecule has 2 aliphatic rings. The molecule has 0 spiro atoms. The number of carbonyl (C=O) groups excluding carboxylic acids is 3. The first-order chi connectivity index (χ1) is 15.3. The Balaban J connectivity index is 2.07. The van der Waals surface area contributed by atoms with Gasteiger partial charge in [-0.1, -0.05) is 12.1 Å². The lowest BCUT2D eigenvalue weighted by Gasteiger charge is -2.60. The SMILES string of the molecule is COC(=O)[C@]12CN(C)C[C@](C(=O)OC)(C1=O)[C@@H](c1cccnc1)N(C)[C@H]2c1cccnc1. The van der Waals surface area contributed by atoms with E-state index in [-0.39, 0.29) is 13.1 Å². The molecule has 2 aromatic rings. The van der Waals surface area contributed by atoms with Gasteiger partial charge in [-0.3, -0.25) is 29.3 Å². The summed E-state index contributed by atoms with van der Waals surface area (Å²) in [6, 6.07) is 5.72. The molecule has 168 valence electrons. The van der Waals surface area contributed by atoms with Crippen LogP contribution < -0.4 is 0 Å². The van der Waals surface area contributed by atoms with E-state index in [0.717, 1.165) is 0 Å². The fourth-order valence-corrected chi connectivity index (χ4v) is 5.73. The number of carbonyl (C=O) groups is 3. The summed E-state index contributed by atoms with van der Waals surface area (Å²) in [5, 5.41) is 0. The van der Waals surface area contributed by atoms with Gasteiger partial charge < -0.3 is 14.4 Å². The van der Waals surface area contributed by atoms with Gasteiger partial charge in [0.05, 0.1) is 26.3 Å². The zero-order chi connectivity index (χ0) is 23.1. The van der Waals surface area contributed by atoms with Crippen LogP contribution in [0, 0.1) is 10.8 Å². The van der Waals surface area contributed by atoms with Gasteiger partial charge in [-0.2, -0.15) is 0 Å². The number of nitrogens with zero attached hydrogens (tertiary/aromatic N) is 4. The monoisotopic (exact) mass is 438 g/mol. The minimum Gasteiger partial charge on any atom is -0.468 e. The van der Waals surface area contributed by atoms with Crippen LogP contribution in [0.15, 0.2) is 49.1 Å². The molecule has 32 heavy (non-hydrogen) atoms. The molecule has 4 atom stereocenters. The summed E-state index contributed by atoms with van der Waals surface area (Å²) >= 11 is 0. The van der Waals surface area contributed by atoms with Crippen molar-refractivity contribution in [1.29, 1.82) is 0 Å². The smallest absolute Gasteiger partial charge is 0.322 e. The number of ketones is 1. The van der Waals surface area contributed by atoms with Crippen molar-refractivity contribution in [3.05, 3.63) is 60.2 Å². The molecule has 0 saturated carbocycles. The van der Waals surface area contributed by atoms with Crippen LogP contribution in [0.25, 0.3) is 0 Å². The lowest BCUT2D eigenvalue weighted by molar-refractivity contribution is -0.202. The fraction of sp³-hybridized carbons (Fsp3) is 0.435. The van der Waals surface area contributed by atoms with Crippen molar-refractivity contribution in [2.75, 3.05) is 41.4 Å². The predicted molar refractivity (Wildman–Crippen MR) is 113 cm³/mol. The Morgan fingerprint density at radius 3 is 1.69 bits per heavy atom. The number of hydrogen-bond acceptors (Lipinski definition) is 9. The molecule has 2 aliphatic heterocycles. The highest BCUT2D eigenvalue weighted by molar-refractivity contribution is 6.17. The first-order valence-corrected chi connectivity index (χ1v) is 10.3. The van der Waals surface area contributed by atoms with E-state index in [1.54, 1.807) is 44.0 Å². The third kappa shape index (κ3) is 2.88. The van der Waals surface area contributed by atoms with E-state index in [9.17, 15) is 14.4 Å². The van der Waals surface area contributed by atoms with Gasteiger partial charge in [-0.15, -0.1) is 0 Å². The maximum Gasteiger partial charge on any atom is 0.322 e. The molecule has 9 heteroatoms. The highest BCUT2D eigenvalue weighted by Gasteiger charge is 2.74. The van der Waals surface area contributed by atoms with Crippen molar-refractivity contribution in [1.82, 2.24) is 19.8 Å². The van der Waals surface area contributed by atoms with Crippen LogP contribution >= 0.6 is 0 Å². The molecule has 2 fully saturated rings. The molecule has 0 unspecified atom stereocenters. The molecule has 0 radical (unpaired) electrons. The maximum absolute atomic E-state index is 14.4. The summed E-state index contributed by atoms with van der Waals surface area (Å²) in [6.45, 7) is 0.196. The topological polar surface area (TPSA) is 102 Å². The fourth-order valence-electron chi connectivity index (χ4n) is 5.73. The third-order valence-electron chi connectivity index (χ3n) is 6.70. The van der Waals surface area contributed by atoms with Crippen molar-refractivity contribution in [3.8, 4) is 0 Å². The predicted octanol–water partition coefficient (Wildman–Crippen LogP) is 1.04. The highest BCUT2D eigenvalue weighted by atomic mass is 16.5. The van der Waals surface area contributed by atoms with Crippen molar-refractivity contribution in [3.63, 3.8) is 0 Å².